The first-order chi connectivity index (χ1) is 14.9. The summed E-state index contributed by atoms with van der Waals surface area (Å²) < 4.78 is 1.46. The van der Waals surface area contributed by atoms with Crippen molar-refractivity contribution in [3.63, 3.8) is 0 Å². The Morgan fingerprint density at radius 1 is 0.871 bits per heavy atom. The van der Waals surface area contributed by atoms with Crippen molar-refractivity contribution in [2.24, 2.45) is 7.05 Å². The number of thioether (sulfide) groups is 2. The lowest BCUT2D eigenvalue weighted by molar-refractivity contribution is 0.437. The number of aromatic amines is 1. The second-order valence-electron chi connectivity index (χ2n) is 7.02. The fraction of sp³-hybridized carbons (Fsp3) is 0.619. The maximum absolute atomic E-state index is 11.3. The van der Waals surface area contributed by atoms with Gasteiger partial charge in [-0.05, 0) is 12.8 Å². The highest BCUT2D eigenvalue weighted by atomic mass is 32.2. The van der Waals surface area contributed by atoms with E-state index in [1.807, 2.05) is 0 Å². The summed E-state index contributed by atoms with van der Waals surface area (Å²) in [5, 5.41) is 19.4. The molecule has 0 fully saturated rings. The van der Waals surface area contributed by atoms with Crippen LogP contribution in [0.15, 0.2) is 32.0 Å². The average Bonchev–Trinajstić information content (AvgIpc) is 2.71. The number of hydrogen-bond acceptors (Lipinski definition) is 8. The molecule has 0 aliphatic carbocycles. The second kappa shape index (κ2) is 15.8. The molecular weight excluding hydrogens is 436 g/mol. The van der Waals surface area contributed by atoms with Crippen LogP contribution in [0, 0.1) is 0 Å². The zero-order valence-corrected chi connectivity index (χ0v) is 20.2. The molecule has 0 spiro atoms. The van der Waals surface area contributed by atoms with E-state index in [2.05, 4.69) is 28.8 Å². The SMILES string of the molecule is CCCCCCSc1nc(O)cc(=O)[nH]1.CCCCCCSc1nc(O)cc(=O)n1C. The van der Waals surface area contributed by atoms with E-state index in [0.29, 0.717) is 10.3 Å². The zero-order chi connectivity index (χ0) is 23.1. The van der Waals surface area contributed by atoms with E-state index in [1.54, 1.807) is 7.05 Å². The molecule has 2 heterocycles. The van der Waals surface area contributed by atoms with Crippen LogP contribution in [0.5, 0.6) is 11.8 Å². The molecule has 0 amide bonds. The van der Waals surface area contributed by atoms with Crippen molar-refractivity contribution in [1.82, 2.24) is 19.5 Å². The van der Waals surface area contributed by atoms with Gasteiger partial charge in [0.25, 0.3) is 11.1 Å². The molecule has 174 valence electrons. The monoisotopic (exact) mass is 470 g/mol. The molecule has 8 nitrogen and oxygen atoms in total. The average molecular weight is 471 g/mol. The van der Waals surface area contributed by atoms with E-state index >= 15 is 0 Å². The number of aromatic nitrogens is 4. The highest BCUT2D eigenvalue weighted by Gasteiger charge is 2.05. The van der Waals surface area contributed by atoms with Gasteiger partial charge < -0.3 is 15.2 Å². The van der Waals surface area contributed by atoms with Gasteiger partial charge in [0.1, 0.15) is 0 Å². The van der Waals surface area contributed by atoms with Crippen LogP contribution in [0.1, 0.15) is 65.2 Å². The summed E-state index contributed by atoms with van der Waals surface area (Å²) in [5.74, 6) is 1.45. The molecule has 0 aliphatic heterocycles. The van der Waals surface area contributed by atoms with Crippen LogP contribution in [0.25, 0.3) is 0 Å². The molecule has 3 N–H and O–H groups in total. The van der Waals surface area contributed by atoms with Crippen molar-refractivity contribution < 1.29 is 10.2 Å². The van der Waals surface area contributed by atoms with Crippen LogP contribution in [-0.4, -0.2) is 41.2 Å². The Morgan fingerprint density at radius 2 is 1.45 bits per heavy atom. The summed E-state index contributed by atoms with van der Waals surface area (Å²) >= 11 is 2.99. The van der Waals surface area contributed by atoms with Crippen molar-refractivity contribution in [2.75, 3.05) is 11.5 Å². The van der Waals surface area contributed by atoms with Gasteiger partial charge in [-0.1, -0.05) is 75.9 Å². The first kappa shape index (κ1) is 27.1. The number of rotatable bonds is 12. The summed E-state index contributed by atoms with van der Waals surface area (Å²) in [6.45, 7) is 4.34. The van der Waals surface area contributed by atoms with Crippen LogP contribution in [0.2, 0.25) is 0 Å². The van der Waals surface area contributed by atoms with Crippen LogP contribution in [0.3, 0.4) is 0 Å². The minimum atomic E-state index is -0.307. The molecule has 0 aromatic carbocycles. The van der Waals surface area contributed by atoms with Gasteiger partial charge in [-0.2, -0.15) is 9.97 Å². The van der Waals surface area contributed by atoms with Gasteiger partial charge in [-0.15, -0.1) is 0 Å². The second-order valence-corrected chi connectivity index (χ2v) is 9.17. The van der Waals surface area contributed by atoms with E-state index in [4.69, 9.17) is 5.11 Å². The van der Waals surface area contributed by atoms with E-state index in [-0.39, 0.29) is 22.9 Å². The summed E-state index contributed by atoms with van der Waals surface area (Å²) in [6.07, 6.45) is 9.54. The molecule has 0 saturated heterocycles. The molecule has 0 saturated carbocycles. The van der Waals surface area contributed by atoms with Gasteiger partial charge in [0.15, 0.2) is 10.3 Å². The Labute approximate surface area is 191 Å². The fourth-order valence-corrected chi connectivity index (χ4v) is 4.36. The Bertz CT molecular complexity index is 886. The third kappa shape index (κ3) is 11.9. The topological polar surface area (TPSA) is 121 Å². The summed E-state index contributed by atoms with van der Waals surface area (Å²) in [4.78, 5) is 32.6. The van der Waals surface area contributed by atoms with Gasteiger partial charge in [-0.3, -0.25) is 14.2 Å². The number of unbranched alkanes of at least 4 members (excludes halogenated alkanes) is 6. The summed E-state index contributed by atoms with van der Waals surface area (Å²) in [6, 6.07) is 2.20. The molecular formula is C21H34N4O4S2. The number of hydrogen-bond donors (Lipinski definition) is 3. The van der Waals surface area contributed by atoms with E-state index < -0.39 is 0 Å². The van der Waals surface area contributed by atoms with Gasteiger partial charge >= 0.3 is 0 Å². The molecule has 0 bridgehead atoms. The number of nitrogens with one attached hydrogen (secondary N) is 1. The third-order valence-electron chi connectivity index (χ3n) is 4.25. The normalized spacial score (nSPS) is 10.5. The highest BCUT2D eigenvalue weighted by Crippen LogP contribution is 2.18. The summed E-state index contributed by atoms with van der Waals surface area (Å²) in [5.41, 5.74) is -0.526. The first-order valence-electron chi connectivity index (χ1n) is 10.7. The van der Waals surface area contributed by atoms with Crippen molar-refractivity contribution in [1.29, 1.82) is 0 Å². The van der Waals surface area contributed by atoms with Gasteiger partial charge in [-0.25, -0.2) is 0 Å². The van der Waals surface area contributed by atoms with Crippen molar-refractivity contribution in [3.8, 4) is 11.8 Å². The predicted octanol–water partition coefficient (Wildman–Crippen LogP) is 4.31. The maximum atomic E-state index is 11.3. The van der Waals surface area contributed by atoms with Gasteiger partial charge in [0, 0.05) is 18.6 Å². The first-order valence-corrected chi connectivity index (χ1v) is 12.7. The molecule has 0 aliphatic rings. The largest absolute Gasteiger partial charge is 0.493 e. The van der Waals surface area contributed by atoms with Crippen molar-refractivity contribution in [2.45, 2.75) is 75.5 Å². The lowest BCUT2D eigenvalue weighted by Gasteiger charge is -2.06. The van der Waals surface area contributed by atoms with Crippen LogP contribution < -0.4 is 11.1 Å². The van der Waals surface area contributed by atoms with Gasteiger partial charge in [0.05, 0.1) is 12.1 Å². The molecule has 2 aromatic heterocycles. The number of H-pyrrole nitrogens is 1. The molecule has 31 heavy (non-hydrogen) atoms. The molecule has 0 atom stereocenters. The predicted molar refractivity (Wildman–Crippen MR) is 127 cm³/mol. The fourth-order valence-electron chi connectivity index (χ4n) is 2.52. The molecule has 10 heteroatoms. The quantitative estimate of drug-likeness (QED) is 0.238. The minimum absolute atomic E-state index is 0.195. The Balaban J connectivity index is 0.000000311. The van der Waals surface area contributed by atoms with E-state index in [0.717, 1.165) is 36.5 Å². The zero-order valence-electron chi connectivity index (χ0n) is 18.6. The molecule has 2 aromatic rings. The Kier molecular flexibility index (Phi) is 13.8. The van der Waals surface area contributed by atoms with Crippen LogP contribution >= 0.6 is 23.5 Å². The minimum Gasteiger partial charge on any atom is -0.493 e. The molecule has 2 rings (SSSR count). The Morgan fingerprint density at radius 3 is 2.03 bits per heavy atom. The van der Waals surface area contributed by atoms with Gasteiger partial charge in [0.2, 0.25) is 11.8 Å². The maximum Gasteiger partial charge on any atom is 0.257 e. The summed E-state index contributed by atoms with van der Waals surface area (Å²) in [7, 11) is 1.67. The van der Waals surface area contributed by atoms with E-state index in [9.17, 15) is 14.7 Å². The number of aromatic hydroxyl groups is 2. The molecule has 0 unspecified atom stereocenters. The Hall–Kier alpha value is -1.94. The molecule has 0 radical (unpaired) electrons. The van der Waals surface area contributed by atoms with E-state index in [1.165, 1.54) is 66.6 Å². The van der Waals surface area contributed by atoms with Crippen LogP contribution in [0.4, 0.5) is 0 Å². The number of nitrogens with zero attached hydrogens (tertiary/aromatic N) is 3. The third-order valence-corrected chi connectivity index (χ3v) is 6.33. The lowest BCUT2D eigenvalue weighted by Crippen LogP contribution is -2.18. The van der Waals surface area contributed by atoms with Crippen molar-refractivity contribution >= 4 is 23.5 Å². The standard InChI is InChI=1S/C11H18N2O2S.C10H16N2O2S/c1-3-4-5-6-7-16-11-12-9(14)8-10(15)13(11)2;1-2-3-4-5-6-15-10-11-8(13)7-9(14)12-10/h8,14H,3-7H2,1-2H3;7H,2-6H2,1H3,(H2,11,12,13,14). The smallest absolute Gasteiger partial charge is 0.257 e. The van der Waals surface area contributed by atoms with Crippen molar-refractivity contribution in [3.05, 3.63) is 32.8 Å². The lowest BCUT2D eigenvalue weighted by atomic mass is 10.2. The highest BCUT2D eigenvalue weighted by molar-refractivity contribution is 7.99. The van der Waals surface area contributed by atoms with Crippen LogP contribution in [-0.2, 0) is 7.05 Å².